The second kappa shape index (κ2) is 4.23. The lowest BCUT2D eigenvalue weighted by Gasteiger charge is -2.38. The molecule has 0 aliphatic carbocycles. The first-order chi connectivity index (χ1) is 8.69. The van der Waals surface area contributed by atoms with Crippen molar-refractivity contribution in [3.63, 3.8) is 0 Å². The third kappa shape index (κ3) is 1.94. The highest BCUT2D eigenvalue weighted by Crippen LogP contribution is 2.40. The van der Waals surface area contributed by atoms with E-state index in [1.54, 1.807) is 12.4 Å². The van der Waals surface area contributed by atoms with Crippen LogP contribution in [-0.2, 0) is 4.79 Å². The van der Waals surface area contributed by atoms with Crippen LogP contribution in [0.4, 0.5) is 5.95 Å². The number of rotatable bonds is 1. The number of carbonyl (C=O) groups is 1. The minimum atomic E-state index is 0.205. The third-order valence-corrected chi connectivity index (χ3v) is 4.18. The third-order valence-electron chi connectivity index (χ3n) is 4.18. The zero-order chi connectivity index (χ0) is 12.6. The predicted molar refractivity (Wildman–Crippen MR) is 68.2 cm³/mol. The van der Waals surface area contributed by atoms with Crippen LogP contribution < -0.4 is 4.90 Å². The second-order valence-electron chi connectivity index (χ2n) is 5.46. The maximum Gasteiger partial charge on any atom is 0.225 e. The number of aromatic nitrogens is 2. The molecule has 3 heterocycles. The molecule has 0 unspecified atom stereocenters. The van der Waals surface area contributed by atoms with Crippen molar-refractivity contribution >= 4 is 11.9 Å². The van der Waals surface area contributed by atoms with Crippen LogP contribution in [0.25, 0.3) is 0 Å². The molecule has 0 bridgehead atoms. The van der Waals surface area contributed by atoms with Gasteiger partial charge in [-0.2, -0.15) is 0 Å². The van der Waals surface area contributed by atoms with Crippen LogP contribution in [0.5, 0.6) is 0 Å². The van der Waals surface area contributed by atoms with Gasteiger partial charge < -0.3 is 9.80 Å². The van der Waals surface area contributed by atoms with E-state index in [9.17, 15) is 4.79 Å². The van der Waals surface area contributed by atoms with Crippen molar-refractivity contribution in [3.8, 4) is 0 Å². The maximum atomic E-state index is 11.7. The zero-order valence-corrected chi connectivity index (χ0v) is 10.7. The molecule has 18 heavy (non-hydrogen) atoms. The van der Waals surface area contributed by atoms with Gasteiger partial charge in [0.05, 0.1) is 0 Å². The van der Waals surface area contributed by atoms with Gasteiger partial charge in [0, 0.05) is 50.9 Å². The van der Waals surface area contributed by atoms with Crippen molar-refractivity contribution < 1.29 is 4.79 Å². The summed E-state index contributed by atoms with van der Waals surface area (Å²) >= 11 is 0. The average Bonchev–Trinajstić information content (AvgIpc) is 2.66. The standard InChI is InChI=1S/C13H18N4O/c1-16-10-13(9-11(16)18)3-7-17(8-4-13)12-14-5-2-6-15-12/h2,5-6H,3-4,7-10H2,1H3. The van der Waals surface area contributed by atoms with Crippen LogP contribution in [0, 0.1) is 5.41 Å². The summed E-state index contributed by atoms with van der Waals surface area (Å²) in [7, 11) is 1.91. The zero-order valence-electron chi connectivity index (χ0n) is 10.7. The van der Waals surface area contributed by atoms with E-state index in [0.29, 0.717) is 12.3 Å². The van der Waals surface area contributed by atoms with Crippen LogP contribution >= 0.6 is 0 Å². The fraction of sp³-hybridized carbons (Fsp3) is 0.615. The fourth-order valence-corrected chi connectivity index (χ4v) is 3.07. The van der Waals surface area contributed by atoms with E-state index in [2.05, 4.69) is 14.9 Å². The quantitative estimate of drug-likeness (QED) is 0.739. The Bertz CT molecular complexity index is 440. The summed E-state index contributed by atoms with van der Waals surface area (Å²) in [6, 6.07) is 1.83. The lowest BCUT2D eigenvalue weighted by molar-refractivity contribution is -0.126. The molecule has 5 nitrogen and oxygen atoms in total. The minimum Gasteiger partial charge on any atom is -0.345 e. The number of carbonyl (C=O) groups excluding carboxylic acids is 1. The molecule has 1 aromatic heterocycles. The molecule has 0 aromatic carbocycles. The van der Waals surface area contributed by atoms with Crippen molar-refractivity contribution in [3.05, 3.63) is 18.5 Å². The Labute approximate surface area is 107 Å². The van der Waals surface area contributed by atoms with Crippen molar-refractivity contribution in [2.24, 2.45) is 5.41 Å². The lowest BCUT2D eigenvalue weighted by atomic mass is 9.78. The number of anilines is 1. The van der Waals surface area contributed by atoms with Crippen LogP contribution in [0.3, 0.4) is 0 Å². The van der Waals surface area contributed by atoms with Gasteiger partial charge in [0.25, 0.3) is 0 Å². The Hall–Kier alpha value is -1.65. The monoisotopic (exact) mass is 246 g/mol. The first-order valence-electron chi connectivity index (χ1n) is 6.45. The van der Waals surface area contributed by atoms with E-state index in [1.165, 1.54) is 0 Å². The van der Waals surface area contributed by atoms with Crippen molar-refractivity contribution in [1.82, 2.24) is 14.9 Å². The van der Waals surface area contributed by atoms with Gasteiger partial charge in [-0.1, -0.05) is 0 Å². The Morgan fingerprint density at radius 2 is 1.89 bits per heavy atom. The summed E-state index contributed by atoms with van der Waals surface area (Å²) in [6.07, 6.45) is 6.38. The van der Waals surface area contributed by atoms with E-state index in [-0.39, 0.29) is 5.41 Å². The molecule has 5 heteroatoms. The second-order valence-corrected chi connectivity index (χ2v) is 5.46. The molecule has 1 amide bonds. The Morgan fingerprint density at radius 3 is 2.44 bits per heavy atom. The van der Waals surface area contributed by atoms with Gasteiger partial charge in [0.15, 0.2) is 0 Å². The molecular weight excluding hydrogens is 228 g/mol. The van der Waals surface area contributed by atoms with Gasteiger partial charge >= 0.3 is 0 Å². The van der Waals surface area contributed by atoms with Gasteiger partial charge in [-0.15, -0.1) is 0 Å². The molecule has 2 aliphatic rings. The summed E-state index contributed by atoms with van der Waals surface area (Å²) in [5.41, 5.74) is 0.205. The molecule has 0 radical (unpaired) electrons. The normalized spacial score (nSPS) is 22.8. The van der Waals surface area contributed by atoms with E-state index >= 15 is 0 Å². The van der Waals surface area contributed by atoms with E-state index in [1.807, 2.05) is 18.0 Å². The van der Waals surface area contributed by atoms with E-state index in [0.717, 1.165) is 38.4 Å². The number of amides is 1. The lowest BCUT2D eigenvalue weighted by Crippen LogP contribution is -2.42. The number of likely N-dealkylation sites (tertiary alicyclic amines) is 1. The highest BCUT2D eigenvalue weighted by Gasteiger charge is 2.43. The Balaban J connectivity index is 1.67. The largest absolute Gasteiger partial charge is 0.345 e. The topological polar surface area (TPSA) is 49.3 Å². The summed E-state index contributed by atoms with van der Waals surface area (Å²) < 4.78 is 0. The van der Waals surface area contributed by atoms with Gasteiger partial charge in [0.2, 0.25) is 11.9 Å². The molecule has 2 aliphatic heterocycles. The smallest absolute Gasteiger partial charge is 0.225 e. The molecule has 1 aromatic rings. The SMILES string of the molecule is CN1CC2(CCN(c3ncccn3)CC2)CC1=O. The van der Waals surface area contributed by atoms with E-state index in [4.69, 9.17) is 0 Å². The number of hydrogen-bond donors (Lipinski definition) is 0. The number of nitrogens with zero attached hydrogens (tertiary/aromatic N) is 4. The number of hydrogen-bond acceptors (Lipinski definition) is 4. The Morgan fingerprint density at radius 1 is 1.22 bits per heavy atom. The fourth-order valence-electron chi connectivity index (χ4n) is 3.07. The van der Waals surface area contributed by atoms with Gasteiger partial charge in [-0.3, -0.25) is 4.79 Å². The molecule has 96 valence electrons. The highest BCUT2D eigenvalue weighted by atomic mass is 16.2. The maximum absolute atomic E-state index is 11.7. The summed E-state index contributed by atoms with van der Waals surface area (Å²) in [6.45, 7) is 2.81. The summed E-state index contributed by atoms with van der Waals surface area (Å²) in [5.74, 6) is 1.10. The van der Waals surface area contributed by atoms with Gasteiger partial charge in [0.1, 0.15) is 0 Å². The van der Waals surface area contributed by atoms with Crippen LogP contribution in [0.1, 0.15) is 19.3 Å². The van der Waals surface area contributed by atoms with Crippen molar-refractivity contribution in [1.29, 1.82) is 0 Å². The highest BCUT2D eigenvalue weighted by molar-refractivity contribution is 5.79. The first-order valence-corrected chi connectivity index (χ1v) is 6.45. The number of piperidine rings is 1. The van der Waals surface area contributed by atoms with Crippen molar-refractivity contribution in [2.75, 3.05) is 31.6 Å². The van der Waals surface area contributed by atoms with Crippen LogP contribution in [-0.4, -0.2) is 47.5 Å². The predicted octanol–water partition coefficient (Wildman–Crippen LogP) is 0.925. The molecule has 2 saturated heterocycles. The molecule has 0 saturated carbocycles. The molecule has 2 fully saturated rings. The molecule has 3 rings (SSSR count). The molecule has 1 spiro atoms. The van der Waals surface area contributed by atoms with Crippen LogP contribution in [0.2, 0.25) is 0 Å². The Kier molecular flexibility index (Phi) is 2.69. The van der Waals surface area contributed by atoms with E-state index < -0.39 is 0 Å². The van der Waals surface area contributed by atoms with Crippen LogP contribution in [0.15, 0.2) is 18.5 Å². The van der Waals surface area contributed by atoms with Crippen molar-refractivity contribution in [2.45, 2.75) is 19.3 Å². The summed E-state index contributed by atoms with van der Waals surface area (Å²) in [5, 5.41) is 0. The minimum absolute atomic E-state index is 0.205. The van der Waals surface area contributed by atoms with Gasteiger partial charge in [-0.05, 0) is 18.9 Å². The molecule has 0 atom stereocenters. The molecule has 0 N–H and O–H groups in total. The summed E-state index contributed by atoms with van der Waals surface area (Å²) in [4.78, 5) is 24.3. The van der Waals surface area contributed by atoms with Gasteiger partial charge in [-0.25, -0.2) is 9.97 Å². The molecular formula is C13H18N4O. The first kappa shape index (κ1) is 11.4. The average molecular weight is 246 g/mol.